The molecule has 0 spiro atoms. The van der Waals surface area contributed by atoms with Gasteiger partial charge in [0.25, 0.3) is 0 Å². The zero-order valence-corrected chi connectivity index (χ0v) is 10.7. The summed E-state index contributed by atoms with van der Waals surface area (Å²) in [6.45, 7) is 5.51. The quantitative estimate of drug-likeness (QED) is 0.879. The Morgan fingerprint density at radius 2 is 1.89 bits per heavy atom. The summed E-state index contributed by atoms with van der Waals surface area (Å²) in [7, 11) is 0. The number of anilines is 1. The summed E-state index contributed by atoms with van der Waals surface area (Å²) in [5, 5.41) is 0. The molecule has 0 saturated heterocycles. The standard InChI is InChI=1S/C13H19F3N2/c1-3-7-18(4-2)11-5-6-12(13(14,15)16)10(8-11)9-17/h5-6,8H,3-4,7,9,17H2,1-2H3. The highest BCUT2D eigenvalue weighted by Gasteiger charge is 2.33. The van der Waals surface area contributed by atoms with Crippen molar-refractivity contribution in [3.8, 4) is 0 Å². The van der Waals surface area contributed by atoms with Crippen molar-refractivity contribution in [3.63, 3.8) is 0 Å². The van der Waals surface area contributed by atoms with E-state index in [2.05, 4.69) is 0 Å². The molecule has 0 aliphatic heterocycles. The maximum Gasteiger partial charge on any atom is 0.416 e. The SMILES string of the molecule is CCCN(CC)c1ccc(C(F)(F)F)c(CN)c1. The van der Waals surface area contributed by atoms with Crippen LogP contribution < -0.4 is 10.6 Å². The molecule has 0 radical (unpaired) electrons. The van der Waals surface area contributed by atoms with E-state index in [0.29, 0.717) is 0 Å². The summed E-state index contributed by atoms with van der Waals surface area (Å²) in [5.74, 6) is 0. The molecule has 0 aliphatic carbocycles. The third-order valence-electron chi connectivity index (χ3n) is 2.85. The summed E-state index contributed by atoms with van der Waals surface area (Å²) in [4.78, 5) is 2.04. The lowest BCUT2D eigenvalue weighted by Crippen LogP contribution is -2.24. The molecule has 2 nitrogen and oxygen atoms in total. The Kier molecular flexibility index (Phi) is 5.02. The minimum Gasteiger partial charge on any atom is -0.372 e. The van der Waals surface area contributed by atoms with Crippen LogP contribution in [0.2, 0.25) is 0 Å². The Morgan fingerprint density at radius 3 is 2.33 bits per heavy atom. The van der Waals surface area contributed by atoms with Crippen LogP contribution in [0.25, 0.3) is 0 Å². The van der Waals surface area contributed by atoms with Crippen LogP contribution in [0.5, 0.6) is 0 Å². The number of alkyl halides is 3. The number of nitrogens with zero attached hydrogens (tertiary/aromatic N) is 1. The molecule has 1 aromatic rings. The number of hydrogen-bond donors (Lipinski definition) is 1. The van der Waals surface area contributed by atoms with Crippen LogP contribution in [0, 0.1) is 0 Å². The molecule has 0 bridgehead atoms. The molecule has 0 unspecified atom stereocenters. The third-order valence-corrected chi connectivity index (χ3v) is 2.85. The van der Waals surface area contributed by atoms with Gasteiger partial charge in [-0.05, 0) is 37.1 Å². The van der Waals surface area contributed by atoms with Gasteiger partial charge in [0.1, 0.15) is 0 Å². The van der Waals surface area contributed by atoms with Crippen LogP contribution in [0.3, 0.4) is 0 Å². The van der Waals surface area contributed by atoms with E-state index in [0.717, 1.165) is 31.3 Å². The van der Waals surface area contributed by atoms with Crippen molar-refractivity contribution in [2.45, 2.75) is 33.0 Å². The second-order valence-electron chi connectivity index (χ2n) is 4.12. The largest absolute Gasteiger partial charge is 0.416 e. The summed E-state index contributed by atoms with van der Waals surface area (Å²) < 4.78 is 38.2. The predicted molar refractivity (Wildman–Crippen MR) is 67.5 cm³/mol. The topological polar surface area (TPSA) is 29.3 Å². The highest BCUT2D eigenvalue weighted by atomic mass is 19.4. The van der Waals surface area contributed by atoms with Gasteiger partial charge in [0.2, 0.25) is 0 Å². The zero-order chi connectivity index (χ0) is 13.8. The first-order valence-electron chi connectivity index (χ1n) is 6.09. The minimum absolute atomic E-state index is 0.105. The van der Waals surface area contributed by atoms with Gasteiger partial charge in [-0.2, -0.15) is 13.2 Å². The van der Waals surface area contributed by atoms with Crippen molar-refractivity contribution in [2.24, 2.45) is 5.73 Å². The Morgan fingerprint density at radius 1 is 1.22 bits per heavy atom. The van der Waals surface area contributed by atoms with Gasteiger partial charge in [-0.1, -0.05) is 6.92 Å². The van der Waals surface area contributed by atoms with Crippen LogP contribution in [0.1, 0.15) is 31.4 Å². The molecule has 18 heavy (non-hydrogen) atoms. The number of rotatable bonds is 5. The van der Waals surface area contributed by atoms with Crippen LogP contribution in [0.4, 0.5) is 18.9 Å². The smallest absolute Gasteiger partial charge is 0.372 e. The van der Waals surface area contributed by atoms with E-state index in [1.54, 1.807) is 6.07 Å². The van der Waals surface area contributed by atoms with E-state index in [9.17, 15) is 13.2 Å². The predicted octanol–water partition coefficient (Wildman–Crippen LogP) is 3.40. The molecule has 0 saturated carbocycles. The molecular formula is C13H19F3N2. The molecule has 0 atom stereocenters. The molecule has 0 fully saturated rings. The van der Waals surface area contributed by atoms with Crippen molar-refractivity contribution in [3.05, 3.63) is 29.3 Å². The maximum absolute atomic E-state index is 12.7. The summed E-state index contributed by atoms with van der Waals surface area (Å²) in [5.41, 5.74) is 5.72. The molecule has 0 amide bonds. The number of hydrogen-bond acceptors (Lipinski definition) is 2. The summed E-state index contributed by atoms with van der Waals surface area (Å²) in [6, 6.07) is 4.18. The van der Waals surface area contributed by atoms with Gasteiger partial charge in [-0.15, -0.1) is 0 Å². The first-order chi connectivity index (χ1) is 8.43. The molecule has 1 aromatic carbocycles. The molecule has 1 rings (SSSR count). The number of nitrogens with two attached hydrogens (primary N) is 1. The summed E-state index contributed by atoms with van der Waals surface area (Å²) in [6.07, 6.45) is -3.39. The van der Waals surface area contributed by atoms with Gasteiger partial charge < -0.3 is 10.6 Å². The molecule has 0 aliphatic rings. The number of halogens is 3. The van der Waals surface area contributed by atoms with Gasteiger partial charge in [0.15, 0.2) is 0 Å². The van der Waals surface area contributed by atoms with E-state index in [1.165, 1.54) is 6.07 Å². The Labute approximate surface area is 106 Å². The van der Waals surface area contributed by atoms with Crippen LogP contribution >= 0.6 is 0 Å². The monoisotopic (exact) mass is 260 g/mol. The third kappa shape index (κ3) is 3.38. The van der Waals surface area contributed by atoms with Gasteiger partial charge in [-0.25, -0.2) is 0 Å². The van der Waals surface area contributed by atoms with Crippen molar-refractivity contribution < 1.29 is 13.2 Å². The van der Waals surface area contributed by atoms with Crippen molar-refractivity contribution >= 4 is 5.69 Å². The summed E-state index contributed by atoms with van der Waals surface area (Å²) >= 11 is 0. The minimum atomic E-state index is -4.34. The van der Waals surface area contributed by atoms with E-state index in [1.807, 2.05) is 18.7 Å². The molecule has 0 heterocycles. The molecule has 2 N–H and O–H groups in total. The average molecular weight is 260 g/mol. The van der Waals surface area contributed by atoms with Crippen molar-refractivity contribution in [1.82, 2.24) is 0 Å². The van der Waals surface area contributed by atoms with Crippen LogP contribution in [-0.2, 0) is 12.7 Å². The van der Waals surface area contributed by atoms with Gasteiger partial charge in [-0.3, -0.25) is 0 Å². The second kappa shape index (κ2) is 6.09. The average Bonchev–Trinajstić information content (AvgIpc) is 2.34. The lowest BCUT2D eigenvalue weighted by molar-refractivity contribution is -0.138. The zero-order valence-electron chi connectivity index (χ0n) is 10.7. The lowest BCUT2D eigenvalue weighted by atomic mass is 10.1. The molecule has 5 heteroatoms. The van der Waals surface area contributed by atoms with E-state index < -0.39 is 11.7 Å². The second-order valence-corrected chi connectivity index (χ2v) is 4.12. The van der Waals surface area contributed by atoms with Crippen LogP contribution in [-0.4, -0.2) is 13.1 Å². The lowest BCUT2D eigenvalue weighted by Gasteiger charge is -2.24. The van der Waals surface area contributed by atoms with Gasteiger partial charge in [0.05, 0.1) is 5.56 Å². The van der Waals surface area contributed by atoms with Gasteiger partial charge in [0, 0.05) is 25.3 Å². The Hall–Kier alpha value is -1.23. The maximum atomic E-state index is 12.7. The van der Waals surface area contributed by atoms with E-state index in [4.69, 9.17) is 5.73 Å². The van der Waals surface area contributed by atoms with E-state index >= 15 is 0 Å². The Bertz CT molecular complexity index is 388. The molecule has 102 valence electrons. The first kappa shape index (κ1) is 14.8. The Balaban J connectivity index is 3.12. The first-order valence-corrected chi connectivity index (χ1v) is 6.09. The fraction of sp³-hybridized carbons (Fsp3) is 0.538. The highest BCUT2D eigenvalue weighted by Crippen LogP contribution is 2.33. The molecule has 0 aromatic heterocycles. The van der Waals surface area contributed by atoms with E-state index in [-0.39, 0.29) is 12.1 Å². The van der Waals surface area contributed by atoms with Crippen molar-refractivity contribution in [1.29, 1.82) is 0 Å². The van der Waals surface area contributed by atoms with Crippen molar-refractivity contribution in [2.75, 3.05) is 18.0 Å². The van der Waals surface area contributed by atoms with Crippen LogP contribution in [0.15, 0.2) is 18.2 Å². The normalized spacial score (nSPS) is 11.7. The highest BCUT2D eigenvalue weighted by molar-refractivity contribution is 5.51. The molecular weight excluding hydrogens is 241 g/mol. The fourth-order valence-electron chi connectivity index (χ4n) is 1.96. The fourth-order valence-corrected chi connectivity index (χ4v) is 1.96. The number of benzene rings is 1. The van der Waals surface area contributed by atoms with Gasteiger partial charge >= 0.3 is 6.18 Å².